The Labute approximate surface area is 223 Å². The molecule has 5 aromatic rings. The molecule has 7 heteroatoms. The highest BCUT2D eigenvalue weighted by molar-refractivity contribution is 7.89. The van der Waals surface area contributed by atoms with Crippen LogP contribution in [0.5, 0.6) is 0 Å². The molecule has 1 unspecified atom stereocenters. The number of hydrogen-bond donors (Lipinski definition) is 2. The first-order valence-corrected chi connectivity index (χ1v) is 13.9. The number of aryl methyl sites for hydroxylation is 1. The van der Waals surface area contributed by atoms with Crippen LogP contribution in [0.15, 0.2) is 131 Å². The predicted octanol–water partition coefficient (Wildman–Crippen LogP) is 6.20. The molecule has 0 aliphatic heterocycles. The molecule has 2 atom stereocenters. The first-order chi connectivity index (χ1) is 18.5. The second kappa shape index (κ2) is 11.6. The third-order valence-corrected chi connectivity index (χ3v) is 7.85. The van der Waals surface area contributed by atoms with Crippen molar-refractivity contribution in [1.29, 1.82) is 0 Å². The Hall–Kier alpha value is -4.04. The summed E-state index contributed by atoms with van der Waals surface area (Å²) in [6.07, 6.45) is 0. The zero-order valence-corrected chi connectivity index (χ0v) is 21.8. The van der Waals surface area contributed by atoms with Crippen molar-refractivity contribution in [1.82, 2.24) is 15.2 Å². The number of sulfonamides is 1. The average molecular weight is 524 g/mol. The predicted molar refractivity (Wildman–Crippen MR) is 149 cm³/mol. The minimum absolute atomic E-state index is 0.221. The van der Waals surface area contributed by atoms with Crippen LogP contribution in [0.2, 0.25) is 0 Å². The molecule has 2 N–H and O–H groups in total. The van der Waals surface area contributed by atoms with Gasteiger partial charge in [-0.25, -0.2) is 13.1 Å². The van der Waals surface area contributed by atoms with Gasteiger partial charge >= 0.3 is 0 Å². The first-order valence-electron chi connectivity index (χ1n) is 12.4. The van der Waals surface area contributed by atoms with Gasteiger partial charge in [0, 0.05) is 11.6 Å². The summed E-state index contributed by atoms with van der Waals surface area (Å²) in [5.41, 5.74) is 4.49. The van der Waals surface area contributed by atoms with Gasteiger partial charge in [-0.1, -0.05) is 114 Å². The van der Waals surface area contributed by atoms with E-state index in [9.17, 15) is 8.42 Å². The van der Waals surface area contributed by atoms with Crippen LogP contribution in [0.1, 0.15) is 34.5 Å². The quantitative estimate of drug-likeness (QED) is 0.228. The van der Waals surface area contributed by atoms with E-state index in [4.69, 9.17) is 4.52 Å². The molecule has 0 spiro atoms. The van der Waals surface area contributed by atoms with Gasteiger partial charge in [0.2, 0.25) is 10.0 Å². The van der Waals surface area contributed by atoms with E-state index in [0.717, 1.165) is 27.9 Å². The lowest BCUT2D eigenvalue weighted by molar-refractivity contribution is 0.349. The third-order valence-electron chi connectivity index (χ3n) is 6.39. The molecule has 0 fully saturated rings. The molecular formula is C31H29N3O3S. The minimum atomic E-state index is -3.82. The molecule has 1 aromatic heterocycles. The molecule has 0 saturated heterocycles. The Balaban J connectivity index is 1.47. The Morgan fingerprint density at radius 1 is 0.737 bits per heavy atom. The van der Waals surface area contributed by atoms with E-state index in [-0.39, 0.29) is 4.90 Å². The highest BCUT2D eigenvalue weighted by Gasteiger charge is 2.30. The highest BCUT2D eigenvalue weighted by Crippen LogP contribution is 2.31. The first kappa shape index (κ1) is 25.6. The van der Waals surface area contributed by atoms with Crippen molar-refractivity contribution >= 4 is 10.0 Å². The summed E-state index contributed by atoms with van der Waals surface area (Å²) >= 11 is 0. The van der Waals surface area contributed by atoms with E-state index in [1.807, 2.05) is 104 Å². The average Bonchev–Trinajstić information content (AvgIpc) is 3.43. The highest BCUT2D eigenvalue weighted by atomic mass is 32.2. The van der Waals surface area contributed by atoms with Gasteiger partial charge in [-0.2, -0.15) is 0 Å². The maximum atomic E-state index is 13.5. The molecular weight excluding hydrogens is 494 g/mol. The van der Waals surface area contributed by atoms with Crippen LogP contribution < -0.4 is 10.0 Å². The van der Waals surface area contributed by atoms with Crippen LogP contribution in [0, 0.1) is 6.92 Å². The lowest BCUT2D eigenvalue weighted by atomic mass is 9.94. The normalized spacial score (nSPS) is 13.2. The van der Waals surface area contributed by atoms with Gasteiger partial charge in [0.05, 0.1) is 23.5 Å². The van der Waals surface area contributed by atoms with Crippen LogP contribution in [-0.4, -0.2) is 13.6 Å². The number of nitrogens with one attached hydrogen (secondary N) is 2. The summed E-state index contributed by atoms with van der Waals surface area (Å²) in [5.74, 6) is 0.651. The zero-order chi connectivity index (χ0) is 26.4. The van der Waals surface area contributed by atoms with Crippen molar-refractivity contribution < 1.29 is 12.9 Å². The molecule has 0 amide bonds. The number of rotatable bonds is 10. The lowest BCUT2D eigenvalue weighted by Gasteiger charge is -2.29. The van der Waals surface area contributed by atoms with E-state index in [2.05, 4.69) is 15.2 Å². The molecule has 0 bridgehead atoms. The van der Waals surface area contributed by atoms with E-state index in [0.29, 0.717) is 12.3 Å². The van der Waals surface area contributed by atoms with Crippen molar-refractivity contribution in [3.05, 3.63) is 144 Å². The summed E-state index contributed by atoms with van der Waals surface area (Å²) in [4.78, 5) is 0.221. The van der Waals surface area contributed by atoms with Gasteiger partial charge in [-0.15, -0.1) is 0 Å². The van der Waals surface area contributed by atoms with Gasteiger partial charge in [-0.3, -0.25) is 0 Å². The lowest BCUT2D eigenvalue weighted by Crippen LogP contribution is -2.38. The number of hydrogen-bond acceptors (Lipinski definition) is 5. The van der Waals surface area contributed by atoms with E-state index < -0.39 is 22.1 Å². The van der Waals surface area contributed by atoms with Crippen molar-refractivity contribution in [2.24, 2.45) is 0 Å². The van der Waals surface area contributed by atoms with Gasteiger partial charge in [0.25, 0.3) is 0 Å². The van der Waals surface area contributed by atoms with E-state index >= 15 is 0 Å². The van der Waals surface area contributed by atoms with E-state index in [1.165, 1.54) is 0 Å². The van der Waals surface area contributed by atoms with Crippen LogP contribution in [0.25, 0.3) is 11.3 Å². The molecule has 6 nitrogen and oxygen atoms in total. The van der Waals surface area contributed by atoms with Gasteiger partial charge in [-0.05, 0) is 30.2 Å². The summed E-state index contributed by atoms with van der Waals surface area (Å²) < 4.78 is 35.7. The maximum absolute atomic E-state index is 13.5. The monoisotopic (exact) mass is 523 g/mol. The Morgan fingerprint density at radius 3 is 1.89 bits per heavy atom. The molecule has 4 aromatic carbocycles. The fourth-order valence-corrected chi connectivity index (χ4v) is 5.62. The largest absolute Gasteiger partial charge is 0.359 e. The number of benzene rings is 4. The third kappa shape index (κ3) is 6.08. The number of nitrogens with zero attached hydrogens (tertiary/aromatic N) is 1. The Bertz CT molecular complexity index is 1550. The molecule has 0 aliphatic carbocycles. The molecule has 0 saturated carbocycles. The summed E-state index contributed by atoms with van der Waals surface area (Å²) in [7, 11) is -3.82. The standard InChI is InChI=1S/C31H29N3O3S/c1-23-17-19-28(20-18-23)38(35,36)34-31(26-15-9-4-10-16-26)30(25-13-7-3-8-14-25)32-22-27-21-29(33-37-27)24-11-5-2-6-12-24/h2-21,30-32,34H,22H2,1H3/t30-,31?/m1/s1. The molecule has 5 rings (SSSR count). The van der Waals surface area contributed by atoms with Crippen molar-refractivity contribution in [2.45, 2.75) is 30.4 Å². The van der Waals surface area contributed by atoms with Crippen molar-refractivity contribution in [3.8, 4) is 11.3 Å². The smallest absolute Gasteiger partial charge is 0.241 e. The minimum Gasteiger partial charge on any atom is -0.359 e. The van der Waals surface area contributed by atoms with Crippen LogP contribution >= 0.6 is 0 Å². The summed E-state index contributed by atoms with van der Waals surface area (Å²) in [6.45, 7) is 2.29. The van der Waals surface area contributed by atoms with E-state index in [1.54, 1.807) is 24.3 Å². The van der Waals surface area contributed by atoms with Gasteiger partial charge in [0.15, 0.2) is 5.76 Å². The van der Waals surface area contributed by atoms with Crippen molar-refractivity contribution in [3.63, 3.8) is 0 Å². The summed E-state index contributed by atoms with van der Waals surface area (Å²) in [6, 6.07) is 37.0. The van der Waals surface area contributed by atoms with Crippen molar-refractivity contribution in [2.75, 3.05) is 0 Å². The topological polar surface area (TPSA) is 84.2 Å². The molecule has 0 radical (unpaired) electrons. The Kier molecular flexibility index (Phi) is 7.79. The van der Waals surface area contributed by atoms with Crippen LogP contribution in [-0.2, 0) is 16.6 Å². The van der Waals surface area contributed by atoms with Gasteiger partial charge in [0.1, 0.15) is 5.69 Å². The fourth-order valence-electron chi connectivity index (χ4n) is 4.38. The number of aromatic nitrogens is 1. The Morgan fingerprint density at radius 2 is 1.29 bits per heavy atom. The summed E-state index contributed by atoms with van der Waals surface area (Å²) in [5, 5.41) is 7.76. The SMILES string of the molecule is Cc1ccc(S(=O)(=O)NC(c2ccccc2)[C@H](NCc2cc(-c3ccccc3)no2)c2ccccc2)cc1. The fraction of sp³-hybridized carbons (Fsp3) is 0.129. The molecule has 192 valence electrons. The van der Waals surface area contributed by atoms with Gasteiger partial charge < -0.3 is 9.84 Å². The molecule has 0 aliphatic rings. The molecule has 38 heavy (non-hydrogen) atoms. The van der Waals surface area contributed by atoms with Crippen LogP contribution in [0.4, 0.5) is 0 Å². The maximum Gasteiger partial charge on any atom is 0.241 e. The second-order valence-electron chi connectivity index (χ2n) is 9.14. The molecule has 1 heterocycles. The zero-order valence-electron chi connectivity index (χ0n) is 21.0. The second-order valence-corrected chi connectivity index (χ2v) is 10.9. The van der Waals surface area contributed by atoms with Crippen LogP contribution in [0.3, 0.4) is 0 Å².